The molecule has 1 aromatic heterocycles. The molecule has 0 saturated heterocycles. The van der Waals surface area contributed by atoms with E-state index in [1.54, 1.807) is 11.8 Å². The predicted molar refractivity (Wildman–Crippen MR) is 95.6 cm³/mol. The molecule has 22 heavy (non-hydrogen) atoms. The number of aromatic nitrogens is 2. The zero-order valence-electron chi connectivity index (χ0n) is 14.9. The molecule has 0 saturated carbocycles. The molecule has 0 bridgehead atoms. The summed E-state index contributed by atoms with van der Waals surface area (Å²) in [5, 5.41) is 9.76. The number of thioether (sulfide) groups is 1. The second-order valence-corrected chi connectivity index (χ2v) is 7.82. The van der Waals surface area contributed by atoms with Crippen molar-refractivity contribution >= 4 is 11.8 Å². The van der Waals surface area contributed by atoms with E-state index in [0.29, 0.717) is 11.2 Å². The molecule has 0 aliphatic heterocycles. The smallest absolute Gasteiger partial charge is 0.276 e. The lowest BCUT2D eigenvalue weighted by atomic mass is 10.0. The van der Waals surface area contributed by atoms with Gasteiger partial charge in [0.25, 0.3) is 5.22 Å². The minimum Gasteiger partial charge on any atom is -0.416 e. The zero-order chi connectivity index (χ0) is 16.2. The van der Waals surface area contributed by atoms with Gasteiger partial charge in [-0.25, -0.2) is 0 Å². The Kier molecular flexibility index (Phi) is 10.6. The Hall–Kier alpha value is -0.510. The Morgan fingerprint density at radius 3 is 2.14 bits per heavy atom. The van der Waals surface area contributed by atoms with Crippen LogP contribution in [0.1, 0.15) is 104 Å². The average molecular weight is 327 g/mol. The van der Waals surface area contributed by atoms with Crippen LogP contribution in [0.15, 0.2) is 9.64 Å². The van der Waals surface area contributed by atoms with E-state index in [9.17, 15) is 0 Å². The van der Waals surface area contributed by atoms with Crippen molar-refractivity contribution in [2.24, 2.45) is 0 Å². The molecule has 1 aromatic rings. The Balaban J connectivity index is 2.27. The van der Waals surface area contributed by atoms with E-state index < -0.39 is 0 Å². The van der Waals surface area contributed by atoms with Crippen LogP contribution in [0.25, 0.3) is 0 Å². The maximum atomic E-state index is 5.84. The highest BCUT2D eigenvalue weighted by Gasteiger charge is 2.15. The normalized spacial score (nSPS) is 14.2. The monoisotopic (exact) mass is 326 g/mol. The van der Waals surface area contributed by atoms with Gasteiger partial charge >= 0.3 is 0 Å². The summed E-state index contributed by atoms with van der Waals surface area (Å²) in [5.41, 5.74) is 0. The van der Waals surface area contributed by atoms with Crippen LogP contribution in [0.4, 0.5) is 0 Å². The first-order chi connectivity index (χ1) is 10.7. The summed E-state index contributed by atoms with van der Waals surface area (Å²) in [4.78, 5) is 0. The largest absolute Gasteiger partial charge is 0.416 e. The SMILES string of the molecule is CCCCCCC(C)Sc1nnc(C(C)CCCCCC)o1. The van der Waals surface area contributed by atoms with E-state index in [4.69, 9.17) is 4.42 Å². The highest BCUT2D eigenvalue weighted by atomic mass is 32.2. The summed E-state index contributed by atoms with van der Waals surface area (Å²) in [6, 6.07) is 0. The average Bonchev–Trinajstić information content (AvgIpc) is 2.96. The Labute approximate surface area is 141 Å². The Bertz CT molecular complexity index is 381. The minimum atomic E-state index is 0.388. The quantitative estimate of drug-likeness (QED) is 0.302. The first-order valence-corrected chi connectivity index (χ1v) is 10.0. The maximum Gasteiger partial charge on any atom is 0.276 e. The van der Waals surface area contributed by atoms with Crippen molar-refractivity contribution in [1.29, 1.82) is 0 Å². The van der Waals surface area contributed by atoms with Crippen LogP contribution < -0.4 is 0 Å². The maximum absolute atomic E-state index is 5.84. The van der Waals surface area contributed by atoms with Gasteiger partial charge in [0, 0.05) is 11.2 Å². The van der Waals surface area contributed by atoms with E-state index in [0.717, 1.165) is 17.5 Å². The predicted octanol–water partition coefficient (Wildman–Crippen LogP) is 6.59. The molecule has 0 fully saturated rings. The third-order valence-corrected chi connectivity index (χ3v) is 5.11. The fourth-order valence-electron chi connectivity index (χ4n) is 2.56. The third-order valence-electron chi connectivity index (χ3n) is 4.10. The molecule has 2 unspecified atom stereocenters. The molecule has 0 aliphatic carbocycles. The van der Waals surface area contributed by atoms with Gasteiger partial charge in [0.05, 0.1) is 0 Å². The van der Waals surface area contributed by atoms with Gasteiger partial charge in [0.2, 0.25) is 5.89 Å². The lowest BCUT2D eigenvalue weighted by molar-refractivity contribution is 0.379. The highest BCUT2D eigenvalue weighted by Crippen LogP contribution is 2.28. The number of hydrogen-bond donors (Lipinski definition) is 0. The van der Waals surface area contributed by atoms with Crippen LogP contribution in [0, 0.1) is 0 Å². The summed E-state index contributed by atoms with van der Waals surface area (Å²) < 4.78 is 5.84. The van der Waals surface area contributed by atoms with E-state index >= 15 is 0 Å². The Morgan fingerprint density at radius 1 is 0.864 bits per heavy atom. The van der Waals surface area contributed by atoms with Crippen LogP contribution in [0.3, 0.4) is 0 Å². The van der Waals surface area contributed by atoms with Gasteiger partial charge in [-0.05, 0) is 12.8 Å². The van der Waals surface area contributed by atoms with Crippen molar-refractivity contribution in [2.75, 3.05) is 0 Å². The molecule has 0 aromatic carbocycles. The number of unbranched alkanes of at least 4 members (excludes halogenated alkanes) is 6. The van der Waals surface area contributed by atoms with Crippen molar-refractivity contribution in [3.05, 3.63) is 5.89 Å². The van der Waals surface area contributed by atoms with E-state index in [1.807, 2.05) is 0 Å². The standard InChI is InChI=1S/C18H34N2OS/c1-5-7-9-11-13-15(3)17-19-20-18(21-17)22-16(4)14-12-10-8-6-2/h15-16H,5-14H2,1-4H3. The van der Waals surface area contributed by atoms with E-state index in [-0.39, 0.29) is 0 Å². The minimum absolute atomic E-state index is 0.388. The third kappa shape index (κ3) is 8.21. The van der Waals surface area contributed by atoms with Gasteiger partial charge < -0.3 is 4.42 Å². The van der Waals surface area contributed by atoms with Crippen molar-refractivity contribution in [3.8, 4) is 0 Å². The second-order valence-electron chi connectivity index (χ2n) is 6.43. The molecule has 0 N–H and O–H groups in total. The topological polar surface area (TPSA) is 38.9 Å². The molecule has 0 spiro atoms. The molecule has 128 valence electrons. The van der Waals surface area contributed by atoms with Gasteiger partial charge in [0.15, 0.2) is 0 Å². The summed E-state index contributed by atoms with van der Waals surface area (Å²) in [7, 11) is 0. The molecular weight excluding hydrogens is 292 g/mol. The highest BCUT2D eigenvalue weighted by molar-refractivity contribution is 7.99. The van der Waals surface area contributed by atoms with Gasteiger partial charge in [-0.2, -0.15) is 0 Å². The van der Waals surface area contributed by atoms with Crippen LogP contribution in [0.2, 0.25) is 0 Å². The fraction of sp³-hybridized carbons (Fsp3) is 0.889. The van der Waals surface area contributed by atoms with Crippen molar-refractivity contribution < 1.29 is 4.42 Å². The molecule has 1 rings (SSSR count). The van der Waals surface area contributed by atoms with E-state index in [2.05, 4.69) is 37.9 Å². The number of nitrogens with zero attached hydrogens (tertiary/aromatic N) is 2. The molecule has 3 nitrogen and oxygen atoms in total. The fourth-order valence-corrected chi connectivity index (χ4v) is 3.41. The first kappa shape index (κ1) is 19.5. The number of rotatable bonds is 13. The molecular formula is C18H34N2OS. The molecule has 4 heteroatoms. The molecule has 0 aliphatic rings. The summed E-state index contributed by atoms with van der Waals surface area (Å²) in [6.07, 6.45) is 12.8. The molecule has 0 amide bonds. The zero-order valence-corrected chi connectivity index (χ0v) is 15.8. The van der Waals surface area contributed by atoms with Crippen molar-refractivity contribution in [2.45, 2.75) is 108 Å². The molecule has 2 atom stereocenters. The van der Waals surface area contributed by atoms with Crippen molar-refractivity contribution in [3.63, 3.8) is 0 Å². The summed E-state index contributed by atoms with van der Waals surface area (Å²) in [6.45, 7) is 8.95. The summed E-state index contributed by atoms with van der Waals surface area (Å²) in [5.74, 6) is 1.20. The van der Waals surface area contributed by atoms with Crippen LogP contribution in [-0.2, 0) is 0 Å². The van der Waals surface area contributed by atoms with Crippen molar-refractivity contribution in [1.82, 2.24) is 10.2 Å². The van der Waals surface area contributed by atoms with Crippen LogP contribution >= 0.6 is 11.8 Å². The van der Waals surface area contributed by atoms with Gasteiger partial charge in [-0.3, -0.25) is 0 Å². The first-order valence-electron chi connectivity index (χ1n) is 9.17. The Morgan fingerprint density at radius 2 is 1.50 bits per heavy atom. The van der Waals surface area contributed by atoms with Gasteiger partial charge in [0.1, 0.15) is 0 Å². The van der Waals surface area contributed by atoms with Crippen LogP contribution in [0.5, 0.6) is 0 Å². The van der Waals surface area contributed by atoms with Crippen LogP contribution in [-0.4, -0.2) is 15.4 Å². The van der Waals surface area contributed by atoms with Gasteiger partial charge in [-0.1, -0.05) is 90.8 Å². The number of hydrogen-bond acceptors (Lipinski definition) is 4. The van der Waals surface area contributed by atoms with Gasteiger partial charge in [-0.15, -0.1) is 10.2 Å². The second kappa shape index (κ2) is 12.0. The summed E-state index contributed by atoms with van der Waals surface area (Å²) >= 11 is 1.73. The molecule has 0 radical (unpaired) electrons. The molecule has 1 heterocycles. The lowest BCUT2D eigenvalue weighted by Crippen LogP contribution is -1.95. The lowest BCUT2D eigenvalue weighted by Gasteiger charge is -2.08. The van der Waals surface area contributed by atoms with E-state index in [1.165, 1.54) is 57.8 Å².